The van der Waals surface area contributed by atoms with Crippen molar-refractivity contribution >= 4 is 26.1 Å². The molecule has 2 rings (SSSR count). The van der Waals surface area contributed by atoms with Crippen LogP contribution in [0.15, 0.2) is 12.1 Å². The molecule has 0 N–H and O–H groups in total. The molecule has 0 aliphatic rings. The molecule has 0 amide bonds. The number of hydrogen-bond acceptors (Lipinski definition) is 0. The van der Waals surface area contributed by atoms with Gasteiger partial charge in [-0.05, 0) is 0 Å². The zero-order valence-corrected chi connectivity index (χ0v) is 12.9. The standard InChI is InChI=1S/2C5H.BF4.2ClH.W/c2*1-2-4-5-3-1;2-1(3,4)5;;;/h2*1H;;2*1H;/q2*-5;-1;;;+2/p-2. The summed E-state index contributed by atoms with van der Waals surface area (Å²) in [6, 6.07) is 24.0. The number of rotatable bonds is 0. The summed E-state index contributed by atoms with van der Waals surface area (Å²) >= 11 is -0.806. The number of halogens is 6. The van der Waals surface area contributed by atoms with E-state index in [0.717, 1.165) is 0 Å². The van der Waals surface area contributed by atoms with Gasteiger partial charge in [0.25, 0.3) is 0 Å². The summed E-state index contributed by atoms with van der Waals surface area (Å²) in [4.78, 5) is 0. The third kappa shape index (κ3) is 36.0. The van der Waals surface area contributed by atoms with Crippen molar-refractivity contribution in [2.24, 2.45) is 0 Å². The molecule has 0 fully saturated rings. The largest absolute Gasteiger partial charge is 0.999 e. The minimum absolute atomic E-state index is 0.806. The Labute approximate surface area is 120 Å². The Morgan fingerprint density at radius 2 is 0.889 bits per heavy atom. The van der Waals surface area contributed by atoms with Gasteiger partial charge in [0.2, 0.25) is 0 Å². The van der Waals surface area contributed by atoms with Crippen LogP contribution in [0, 0.1) is 48.5 Å². The van der Waals surface area contributed by atoms with Crippen molar-refractivity contribution in [3.05, 3.63) is 60.7 Å². The molecule has 2 aromatic carbocycles. The van der Waals surface area contributed by atoms with Crippen molar-refractivity contribution in [3.63, 3.8) is 0 Å². The summed E-state index contributed by atoms with van der Waals surface area (Å²) in [5.74, 6) is 0. The first-order chi connectivity index (χ1) is 8.41. The molecule has 0 aliphatic heterocycles. The van der Waals surface area contributed by atoms with Crippen molar-refractivity contribution in [2.75, 3.05) is 0 Å². The third-order valence-corrected chi connectivity index (χ3v) is 0.702. The van der Waals surface area contributed by atoms with Crippen molar-refractivity contribution < 1.29 is 33.7 Å². The predicted molar refractivity (Wildman–Crippen MR) is 56.7 cm³/mol. The van der Waals surface area contributed by atoms with E-state index in [4.69, 9.17) is 18.8 Å². The maximum absolute atomic E-state index is 9.75. The summed E-state index contributed by atoms with van der Waals surface area (Å²) in [6.45, 7) is 0. The van der Waals surface area contributed by atoms with E-state index in [2.05, 4.69) is 48.5 Å². The van der Waals surface area contributed by atoms with Gasteiger partial charge >= 0.3 is 42.6 Å². The van der Waals surface area contributed by atoms with Crippen LogP contribution >= 0.6 is 18.8 Å². The molecule has 8 heteroatoms. The fraction of sp³-hybridized carbons (Fsp3) is 0. The van der Waals surface area contributed by atoms with E-state index < -0.39 is 23.7 Å². The Kier molecular flexibility index (Phi) is 16.5. The van der Waals surface area contributed by atoms with Crippen LogP contribution in [0.2, 0.25) is 0 Å². The SMILES string of the molecule is F[B-](F)(F)F.[Cl][W][Cl].[c-]1[c-][c-][cH-][c-]1.[c-]1[c-][c-][cH-][c-]1. The first-order valence-corrected chi connectivity index (χ1v) is 11.1. The molecule has 0 nitrogen and oxygen atoms in total. The smallest absolute Gasteiger partial charge is 0.800 e. The second-order valence-electron chi connectivity index (χ2n) is 1.92. The van der Waals surface area contributed by atoms with E-state index in [-0.39, 0.29) is 0 Å². The van der Waals surface area contributed by atoms with Gasteiger partial charge in [-0.1, -0.05) is 0 Å². The van der Waals surface area contributed by atoms with Crippen LogP contribution in [0.25, 0.3) is 0 Å². The minimum atomic E-state index is -6.00. The van der Waals surface area contributed by atoms with Gasteiger partial charge in [0.1, 0.15) is 0 Å². The molecule has 0 heterocycles. The second kappa shape index (κ2) is 14.8. The van der Waals surface area contributed by atoms with Crippen molar-refractivity contribution in [1.29, 1.82) is 0 Å². The molecule has 0 aliphatic carbocycles. The van der Waals surface area contributed by atoms with Crippen molar-refractivity contribution in [3.8, 4) is 0 Å². The number of hydrogen-bond donors (Lipinski definition) is 0. The molecule has 0 spiro atoms. The van der Waals surface area contributed by atoms with Crippen LogP contribution in [-0.2, 0) is 16.5 Å². The Hall–Kier alpha value is -0.247. The Morgan fingerprint density at radius 3 is 0.944 bits per heavy atom. The molecule has 18 heavy (non-hydrogen) atoms. The predicted octanol–water partition coefficient (Wildman–Crippen LogP) is 3.89. The maximum atomic E-state index is 9.75. The van der Waals surface area contributed by atoms with E-state index in [1.54, 1.807) is 12.1 Å². The van der Waals surface area contributed by atoms with Crippen LogP contribution < -0.4 is 0 Å². The molecular weight excluding hydrogens is 462 g/mol. The molecule has 0 radical (unpaired) electrons. The van der Waals surface area contributed by atoms with Crippen LogP contribution in [0.3, 0.4) is 0 Å². The molecule has 0 aromatic heterocycles. The van der Waals surface area contributed by atoms with Gasteiger partial charge in [0.15, 0.2) is 0 Å². The van der Waals surface area contributed by atoms with Crippen molar-refractivity contribution in [2.45, 2.75) is 0 Å². The van der Waals surface area contributed by atoms with Gasteiger partial charge in [-0.25, -0.2) is 0 Å². The molecular formula is C10H2BCl2F4W-11. The first kappa shape index (κ1) is 20.1. The van der Waals surface area contributed by atoms with E-state index in [0.29, 0.717) is 0 Å². The summed E-state index contributed by atoms with van der Waals surface area (Å²) < 4.78 is 39.0. The molecule has 104 valence electrons. The zero-order chi connectivity index (χ0) is 14.3. The molecule has 0 atom stereocenters. The molecule has 0 unspecified atom stereocenters. The molecule has 2 aromatic rings. The summed E-state index contributed by atoms with van der Waals surface area (Å²) in [5.41, 5.74) is 0. The van der Waals surface area contributed by atoms with Gasteiger partial charge in [-0.3, -0.25) is 0 Å². The summed E-state index contributed by atoms with van der Waals surface area (Å²) in [6.07, 6.45) is 0. The quantitative estimate of drug-likeness (QED) is 0.316. The van der Waals surface area contributed by atoms with Crippen LogP contribution in [0.1, 0.15) is 0 Å². The van der Waals surface area contributed by atoms with E-state index in [1.807, 2.05) is 0 Å². The van der Waals surface area contributed by atoms with Crippen LogP contribution in [0.4, 0.5) is 17.3 Å². The van der Waals surface area contributed by atoms with E-state index >= 15 is 0 Å². The average Bonchev–Trinajstić information content (AvgIpc) is 2.96. The van der Waals surface area contributed by atoms with E-state index in [1.165, 1.54) is 0 Å². The van der Waals surface area contributed by atoms with Gasteiger partial charge in [-0.15, -0.1) is 0 Å². The van der Waals surface area contributed by atoms with E-state index in [9.17, 15) is 17.3 Å². The minimum Gasteiger partial charge on any atom is -0.999 e. The Bertz CT molecular complexity index is 244. The summed E-state index contributed by atoms with van der Waals surface area (Å²) in [5, 5.41) is 0. The molecule has 0 saturated heterocycles. The van der Waals surface area contributed by atoms with Gasteiger partial charge in [0.05, 0.1) is 0 Å². The van der Waals surface area contributed by atoms with Gasteiger partial charge < -0.3 is 77.9 Å². The third-order valence-electron chi connectivity index (χ3n) is 0.702. The maximum Gasteiger partial charge on any atom is -0.800 e. The van der Waals surface area contributed by atoms with Crippen LogP contribution in [-0.4, -0.2) is 7.25 Å². The Morgan fingerprint density at radius 1 is 0.722 bits per heavy atom. The second-order valence-corrected chi connectivity index (χ2v) is 6.16. The Balaban J connectivity index is 0. The average molecular weight is 464 g/mol. The zero-order valence-electron chi connectivity index (χ0n) is 8.41. The monoisotopic (exact) mass is 463 g/mol. The topological polar surface area (TPSA) is 0 Å². The fourth-order valence-corrected chi connectivity index (χ4v) is 0.361. The van der Waals surface area contributed by atoms with Crippen molar-refractivity contribution in [1.82, 2.24) is 0 Å². The normalized spacial score (nSPS) is 8.78. The van der Waals surface area contributed by atoms with Gasteiger partial charge in [0, 0.05) is 0 Å². The summed E-state index contributed by atoms with van der Waals surface area (Å²) in [7, 11) is 3.86. The first-order valence-electron chi connectivity index (χ1n) is 3.84. The molecule has 0 saturated carbocycles. The van der Waals surface area contributed by atoms with Gasteiger partial charge in [-0.2, -0.15) is 0 Å². The molecule has 0 bridgehead atoms. The van der Waals surface area contributed by atoms with Crippen LogP contribution in [0.5, 0.6) is 0 Å². The fourth-order valence-electron chi connectivity index (χ4n) is 0.361.